The molecule has 0 saturated carbocycles. The number of hydrogen-bond donors (Lipinski definition) is 2. The first kappa shape index (κ1) is 19.2. The van der Waals surface area contributed by atoms with Crippen molar-refractivity contribution in [2.45, 2.75) is 0 Å². The number of nitrogens with zero attached hydrogens (tertiary/aromatic N) is 2. The number of hydrazone groups is 1. The van der Waals surface area contributed by atoms with Crippen LogP contribution in [0.4, 0.5) is 5.69 Å². The highest BCUT2D eigenvalue weighted by molar-refractivity contribution is 9.10. The van der Waals surface area contributed by atoms with Crippen molar-refractivity contribution in [3.05, 3.63) is 56.5 Å². The van der Waals surface area contributed by atoms with Crippen LogP contribution < -0.4 is 14.9 Å². The molecule has 0 radical (unpaired) electrons. The number of methoxy groups -OCH3 is 1. The normalized spacial score (nSPS) is 10.5. The van der Waals surface area contributed by atoms with Gasteiger partial charge in [0.25, 0.3) is 5.91 Å². The Balaban J connectivity index is 1.96. The van der Waals surface area contributed by atoms with Crippen LogP contribution in [0.3, 0.4) is 0 Å². The third-order valence-electron chi connectivity index (χ3n) is 3.08. The predicted molar refractivity (Wildman–Crippen MR) is 96.7 cm³/mol. The fourth-order valence-corrected chi connectivity index (χ4v) is 2.14. The van der Waals surface area contributed by atoms with Crippen molar-refractivity contribution >= 4 is 33.7 Å². The Morgan fingerprint density at radius 1 is 1.38 bits per heavy atom. The molecule has 10 heteroatoms. The maximum absolute atomic E-state index is 11.7. The smallest absolute Gasteiger partial charge is 0.315 e. The van der Waals surface area contributed by atoms with E-state index in [2.05, 4.69) is 26.5 Å². The average molecular weight is 424 g/mol. The zero-order chi connectivity index (χ0) is 19.1. The van der Waals surface area contributed by atoms with Gasteiger partial charge in [0.15, 0.2) is 12.4 Å². The van der Waals surface area contributed by atoms with E-state index in [4.69, 9.17) is 9.47 Å². The maximum atomic E-state index is 11.7. The molecule has 2 rings (SSSR count). The molecule has 0 heterocycles. The van der Waals surface area contributed by atoms with Crippen molar-refractivity contribution in [1.82, 2.24) is 5.43 Å². The molecule has 136 valence electrons. The molecule has 2 aromatic rings. The summed E-state index contributed by atoms with van der Waals surface area (Å²) >= 11 is 3.29. The lowest BCUT2D eigenvalue weighted by Gasteiger charge is -2.06. The van der Waals surface area contributed by atoms with E-state index >= 15 is 0 Å². The number of phenolic OH excluding ortho intramolecular Hbond substituents is 1. The van der Waals surface area contributed by atoms with Crippen LogP contribution in [0, 0.1) is 10.1 Å². The summed E-state index contributed by atoms with van der Waals surface area (Å²) in [5.74, 6) is -0.650. The van der Waals surface area contributed by atoms with Gasteiger partial charge in [-0.2, -0.15) is 5.10 Å². The average Bonchev–Trinajstić information content (AvgIpc) is 2.62. The number of phenols is 1. The van der Waals surface area contributed by atoms with Crippen LogP contribution in [0.5, 0.6) is 17.2 Å². The van der Waals surface area contributed by atoms with E-state index in [1.54, 1.807) is 24.3 Å². The first-order chi connectivity index (χ1) is 12.4. The number of nitro benzene ring substituents is 1. The second-order valence-electron chi connectivity index (χ2n) is 4.88. The van der Waals surface area contributed by atoms with E-state index in [0.29, 0.717) is 5.75 Å². The highest BCUT2D eigenvalue weighted by atomic mass is 79.9. The van der Waals surface area contributed by atoms with Crippen LogP contribution in [-0.2, 0) is 4.79 Å². The van der Waals surface area contributed by atoms with Crippen LogP contribution in [-0.4, -0.2) is 35.9 Å². The van der Waals surface area contributed by atoms with Gasteiger partial charge in [-0.1, -0.05) is 15.9 Å². The van der Waals surface area contributed by atoms with Crippen molar-refractivity contribution in [3.8, 4) is 17.2 Å². The zero-order valence-corrected chi connectivity index (χ0v) is 15.1. The van der Waals surface area contributed by atoms with E-state index in [9.17, 15) is 20.0 Å². The summed E-state index contributed by atoms with van der Waals surface area (Å²) in [4.78, 5) is 21.9. The van der Waals surface area contributed by atoms with Crippen LogP contribution in [0.1, 0.15) is 5.56 Å². The molecule has 9 nitrogen and oxygen atoms in total. The van der Waals surface area contributed by atoms with Gasteiger partial charge in [-0.05, 0) is 30.3 Å². The predicted octanol–water partition coefficient (Wildman–Crippen LogP) is 2.60. The Morgan fingerprint density at radius 2 is 2.08 bits per heavy atom. The van der Waals surface area contributed by atoms with Gasteiger partial charge in [0, 0.05) is 16.1 Å². The number of aromatic hydroxyl groups is 1. The molecular weight excluding hydrogens is 410 g/mol. The summed E-state index contributed by atoms with van der Waals surface area (Å²) < 4.78 is 11.0. The number of nitrogens with one attached hydrogen (secondary N) is 1. The summed E-state index contributed by atoms with van der Waals surface area (Å²) in [6.45, 7) is -0.252. The van der Waals surface area contributed by atoms with Crippen molar-refractivity contribution < 1.29 is 24.3 Å². The standard InChI is InChI=1S/C16H14BrN3O6/c1-25-14-7-10(6-13(16(14)22)20(23)24)8-18-19-15(21)9-26-12-4-2-11(17)3-5-12/h2-8,22H,9H2,1H3,(H,19,21). The largest absolute Gasteiger partial charge is 0.500 e. The van der Waals surface area contributed by atoms with Gasteiger partial charge in [-0.25, -0.2) is 5.43 Å². The summed E-state index contributed by atoms with van der Waals surface area (Å²) in [5, 5.41) is 24.3. The monoisotopic (exact) mass is 423 g/mol. The molecule has 0 aliphatic heterocycles. The highest BCUT2D eigenvalue weighted by Gasteiger charge is 2.19. The fraction of sp³-hybridized carbons (Fsp3) is 0.125. The number of amides is 1. The van der Waals surface area contributed by atoms with Crippen molar-refractivity contribution in [1.29, 1.82) is 0 Å². The van der Waals surface area contributed by atoms with Crippen molar-refractivity contribution in [2.75, 3.05) is 13.7 Å². The molecule has 26 heavy (non-hydrogen) atoms. The van der Waals surface area contributed by atoms with Crippen LogP contribution in [0.25, 0.3) is 0 Å². The Morgan fingerprint density at radius 3 is 2.69 bits per heavy atom. The van der Waals surface area contributed by atoms with Crippen LogP contribution in [0.15, 0.2) is 46.0 Å². The molecule has 0 aromatic heterocycles. The topological polar surface area (TPSA) is 123 Å². The number of halogens is 1. The molecule has 0 aliphatic carbocycles. The summed E-state index contributed by atoms with van der Waals surface area (Å²) in [7, 11) is 1.26. The van der Waals surface area contributed by atoms with Gasteiger partial charge < -0.3 is 14.6 Å². The summed E-state index contributed by atoms with van der Waals surface area (Å²) in [6, 6.07) is 9.39. The summed E-state index contributed by atoms with van der Waals surface area (Å²) in [6.07, 6.45) is 1.19. The molecule has 0 unspecified atom stereocenters. The SMILES string of the molecule is COc1cc(C=NNC(=O)COc2ccc(Br)cc2)cc([N+](=O)[O-])c1O. The first-order valence-corrected chi connectivity index (χ1v) is 7.95. The third-order valence-corrected chi connectivity index (χ3v) is 3.61. The van der Waals surface area contributed by atoms with E-state index in [1.807, 2.05) is 0 Å². The minimum Gasteiger partial charge on any atom is -0.500 e. The van der Waals surface area contributed by atoms with Gasteiger partial charge in [-0.3, -0.25) is 14.9 Å². The third kappa shape index (κ3) is 5.18. The molecule has 0 bridgehead atoms. The van der Waals surface area contributed by atoms with E-state index in [1.165, 1.54) is 19.4 Å². The first-order valence-electron chi connectivity index (χ1n) is 7.16. The number of nitro groups is 1. The molecule has 0 atom stereocenters. The highest BCUT2D eigenvalue weighted by Crippen LogP contribution is 2.36. The lowest BCUT2D eigenvalue weighted by molar-refractivity contribution is -0.386. The molecule has 0 fully saturated rings. The lowest BCUT2D eigenvalue weighted by atomic mass is 10.2. The lowest BCUT2D eigenvalue weighted by Crippen LogP contribution is -2.24. The Bertz CT molecular complexity index is 839. The maximum Gasteiger partial charge on any atom is 0.315 e. The second kappa shape index (κ2) is 8.81. The molecule has 0 spiro atoms. The summed E-state index contributed by atoms with van der Waals surface area (Å²) in [5.41, 5.74) is 1.97. The Labute approximate surface area is 156 Å². The molecule has 2 aromatic carbocycles. The minimum absolute atomic E-state index is 0.0782. The van der Waals surface area contributed by atoms with Crippen molar-refractivity contribution in [3.63, 3.8) is 0 Å². The number of benzene rings is 2. The number of ether oxygens (including phenoxy) is 2. The van der Waals surface area contributed by atoms with E-state index < -0.39 is 22.3 Å². The Kier molecular flexibility index (Phi) is 6.50. The molecule has 0 aliphatic rings. The molecular formula is C16H14BrN3O6. The fourth-order valence-electron chi connectivity index (χ4n) is 1.87. The van der Waals surface area contributed by atoms with Gasteiger partial charge in [-0.15, -0.1) is 0 Å². The van der Waals surface area contributed by atoms with Gasteiger partial charge in [0.2, 0.25) is 5.75 Å². The quantitative estimate of drug-likeness (QED) is 0.400. The minimum atomic E-state index is -0.750. The molecule has 2 N–H and O–H groups in total. The van der Waals surface area contributed by atoms with Gasteiger partial charge in [0.1, 0.15) is 5.75 Å². The zero-order valence-electron chi connectivity index (χ0n) is 13.5. The second-order valence-corrected chi connectivity index (χ2v) is 5.80. The number of hydrogen-bond acceptors (Lipinski definition) is 7. The van der Waals surface area contributed by atoms with Crippen LogP contribution >= 0.6 is 15.9 Å². The molecule has 0 saturated heterocycles. The van der Waals surface area contributed by atoms with Gasteiger partial charge >= 0.3 is 5.69 Å². The number of carbonyl (C=O) groups excluding carboxylic acids is 1. The number of carbonyl (C=O) groups is 1. The van der Waals surface area contributed by atoms with Crippen LogP contribution in [0.2, 0.25) is 0 Å². The molecule has 1 amide bonds. The van der Waals surface area contributed by atoms with Crippen molar-refractivity contribution in [2.24, 2.45) is 5.10 Å². The van der Waals surface area contributed by atoms with E-state index in [0.717, 1.165) is 10.5 Å². The number of rotatable bonds is 7. The van der Waals surface area contributed by atoms with Gasteiger partial charge in [0.05, 0.1) is 18.2 Å². The van der Waals surface area contributed by atoms with E-state index in [-0.39, 0.29) is 17.9 Å². The Hall–Kier alpha value is -3.14.